The van der Waals surface area contributed by atoms with Gasteiger partial charge in [0.15, 0.2) is 5.16 Å². The van der Waals surface area contributed by atoms with Crippen LogP contribution in [-0.4, -0.2) is 35.9 Å². The molecule has 0 aliphatic heterocycles. The highest BCUT2D eigenvalue weighted by Crippen LogP contribution is 2.25. The first-order chi connectivity index (χ1) is 13.3. The molecule has 1 atom stereocenters. The summed E-state index contributed by atoms with van der Waals surface area (Å²) in [7, 11) is 0. The molecule has 0 saturated heterocycles. The number of benzene rings is 1. The third-order valence-electron chi connectivity index (χ3n) is 4.79. The van der Waals surface area contributed by atoms with Crippen LogP contribution in [-0.2, 0) is 11.3 Å². The maximum Gasteiger partial charge on any atom is 0.263 e. The lowest BCUT2D eigenvalue weighted by Gasteiger charge is -2.26. The summed E-state index contributed by atoms with van der Waals surface area (Å²) in [6.45, 7) is 11.9. The quantitative estimate of drug-likeness (QED) is 0.488. The Balaban J connectivity index is 2.07. The second-order valence-corrected chi connectivity index (χ2v) is 8.63. The van der Waals surface area contributed by atoms with Crippen LogP contribution in [0.5, 0.6) is 0 Å². The van der Waals surface area contributed by atoms with E-state index >= 15 is 0 Å². The Hall–Kier alpha value is -2.61. The molecule has 0 aliphatic carbocycles. The minimum Gasteiger partial charge on any atom is -0.350 e. The second kappa shape index (κ2) is 7.79. The van der Waals surface area contributed by atoms with Gasteiger partial charge in [-0.15, -0.1) is 16.8 Å². The van der Waals surface area contributed by atoms with Gasteiger partial charge in [0, 0.05) is 12.1 Å². The fourth-order valence-electron chi connectivity index (χ4n) is 2.84. The van der Waals surface area contributed by atoms with E-state index in [1.54, 1.807) is 12.1 Å². The van der Waals surface area contributed by atoms with E-state index in [2.05, 4.69) is 22.1 Å². The van der Waals surface area contributed by atoms with Crippen LogP contribution in [0.4, 0.5) is 0 Å². The fourth-order valence-corrected chi connectivity index (χ4v) is 3.69. The molecule has 0 spiro atoms. The van der Waals surface area contributed by atoms with Crippen LogP contribution in [0.15, 0.2) is 46.9 Å². The molecular formula is C20H25N5O2S. The molecule has 0 fully saturated rings. The van der Waals surface area contributed by atoms with Gasteiger partial charge in [0.25, 0.3) is 5.56 Å². The van der Waals surface area contributed by atoms with Gasteiger partial charge in [-0.2, -0.15) is 0 Å². The Morgan fingerprint density at radius 3 is 2.75 bits per heavy atom. The van der Waals surface area contributed by atoms with Crippen molar-refractivity contribution in [3.63, 3.8) is 0 Å². The van der Waals surface area contributed by atoms with E-state index < -0.39 is 0 Å². The highest BCUT2D eigenvalue weighted by molar-refractivity contribution is 8.00. The van der Waals surface area contributed by atoms with Gasteiger partial charge >= 0.3 is 0 Å². The van der Waals surface area contributed by atoms with Crippen molar-refractivity contribution in [2.45, 2.75) is 56.6 Å². The van der Waals surface area contributed by atoms with Gasteiger partial charge in [-0.25, -0.2) is 0 Å². The maximum absolute atomic E-state index is 12.8. The van der Waals surface area contributed by atoms with Crippen molar-refractivity contribution in [2.24, 2.45) is 0 Å². The van der Waals surface area contributed by atoms with Crippen LogP contribution in [0.25, 0.3) is 16.7 Å². The lowest BCUT2D eigenvalue weighted by molar-refractivity contribution is -0.121. The predicted octanol–water partition coefficient (Wildman–Crippen LogP) is 3.02. The number of thioether (sulfide) groups is 1. The van der Waals surface area contributed by atoms with Crippen LogP contribution in [0.1, 0.15) is 34.1 Å². The Labute approximate surface area is 167 Å². The van der Waals surface area contributed by atoms with Crippen LogP contribution >= 0.6 is 11.8 Å². The zero-order chi connectivity index (χ0) is 20.5. The second-order valence-electron chi connectivity index (χ2n) is 7.33. The molecule has 0 bridgehead atoms. The van der Waals surface area contributed by atoms with Crippen LogP contribution in [0.2, 0.25) is 0 Å². The summed E-state index contributed by atoms with van der Waals surface area (Å²) in [6.07, 6.45) is 2.49. The van der Waals surface area contributed by atoms with Gasteiger partial charge in [-0.1, -0.05) is 36.9 Å². The third-order valence-corrected chi connectivity index (χ3v) is 5.83. The highest BCUT2D eigenvalue weighted by Gasteiger charge is 2.25. The van der Waals surface area contributed by atoms with E-state index in [4.69, 9.17) is 0 Å². The number of rotatable bonds is 7. The molecule has 8 heteroatoms. The molecule has 1 unspecified atom stereocenters. The molecule has 0 aliphatic rings. The third kappa shape index (κ3) is 3.69. The first kappa shape index (κ1) is 20.1. The fraction of sp³-hybridized carbons (Fsp3) is 0.400. The molecule has 28 heavy (non-hydrogen) atoms. The van der Waals surface area contributed by atoms with Gasteiger partial charge in [0.2, 0.25) is 11.7 Å². The largest absolute Gasteiger partial charge is 0.350 e. The first-order valence-electron chi connectivity index (χ1n) is 9.25. The Kier molecular flexibility index (Phi) is 5.60. The molecule has 1 N–H and O–H groups in total. The highest BCUT2D eigenvalue weighted by atomic mass is 32.2. The van der Waals surface area contributed by atoms with Crippen LogP contribution in [0, 0.1) is 0 Å². The van der Waals surface area contributed by atoms with E-state index in [9.17, 15) is 9.59 Å². The Morgan fingerprint density at radius 1 is 1.36 bits per heavy atom. The standard InChI is InChI=1S/C20H25N5O2S/c1-6-12-24-17(27)14-10-8-9-11-15(14)25-18(24)22-23-19(25)28-13(3)16(26)21-20(4,5)7-2/h6,8-11,13H,1,7,12H2,2-5H3,(H,21,26). The molecule has 2 heterocycles. The lowest BCUT2D eigenvalue weighted by atomic mass is 10.0. The zero-order valence-electron chi connectivity index (χ0n) is 16.6. The summed E-state index contributed by atoms with van der Waals surface area (Å²) in [5.74, 6) is 0.380. The normalized spacial score (nSPS) is 13.0. The topological polar surface area (TPSA) is 81.3 Å². The van der Waals surface area contributed by atoms with Gasteiger partial charge in [0.05, 0.1) is 16.2 Å². The molecule has 3 rings (SSSR count). The summed E-state index contributed by atoms with van der Waals surface area (Å²) in [4.78, 5) is 25.4. The van der Waals surface area contributed by atoms with Crippen molar-refractivity contribution in [2.75, 3.05) is 0 Å². The maximum atomic E-state index is 12.8. The van der Waals surface area contributed by atoms with E-state index in [0.29, 0.717) is 22.9 Å². The Morgan fingerprint density at radius 2 is 2.07 bits per heavy atom. The average Bonchev–Trinajstić information content (AvgIpc) is 3.08. The van der Waals surface area contributed by atoms with Crippen molar-refractivity contribution in [3.05, 3.63) is 47.3 Å². The van der Waals surface area contributed by atoms with Crippen molar-refractivity contribution >= 4 is 34.3 Å². The van der Waals surface area contributed by atoms with Gasteiger partial charge < -0.3 is 5.32 Å². The van der Waals surface area contributed by atoms with E-state index in [1.807, 2.05) is 50.3 Å². The number of nitrogens with zero attached hydrogens (tertiary/aromatic N) is 4. The van der Waals surface area contributed by atoms with Crippen molar-refractivity contribution in [3.8, 4) is 0 Å². The van der Waals surface area contributed by atoms with Crippen molar-refractivity contribution in [1.82, 2.24) is 24.5 Å². The molecule has 148 valence electrons. The average molecular weight is 400 g/mol. The summed E-state index contributed by atoms with van der Waals surface area (Å²) in [5.41, 5.74) is 0.315. The van der Waals surface area contributed by atoms with Crippen LogP contribution in [0.3, 0.4) is 0 Å². The van der Waals surface area contributed by atoms with E-state index in [-0.39, 0.29) is 22.3 Å². The van der Waals surface area contributed by atoms with Gasteiger partial charge in [0.1, 0.15) is 0 Å². The SMILES string of the molecule is C=CCn1c(=O)c2ccccc2n2c(SC(C)C(=O)NC(C)(C)CC)nnc12. The number of carbonyl (C=O) groups excluding carboxylic acids is 1. The molecule has 1 amide bonds. The number of hydrogen-bond acceptors (Lipinski definition) is 5. The molecule has 7 nitrogen and oxygen atoms in total. The first-order valence-corrected chi connectivity index (χ1v) is 10.1. The van der Waals surface area contributed by atoms with Crippen molar-refractivity contribution < 1.29 is 4.79 Å². The number of nitrogens with one attached hydrogen (secondary N) is 1. The number of para-hydroxylation sites is 1. The number of allylic oxidation sites excluding steroid dienone is 1. The molecule has 0 saturated carbocycles. The number of fused-ring (bicyclic) bond motifs is 3. The van der Waals surface area contributed by atoms with Gasteiger partial charge in [-0.05, 0) is 39.3 Å². The lowest BCUT2D eigenvalue weighted by Crippen LogP contribution is -2.46. The number of aromatic nitrogens is 4. The number of carbonyl (C=O) groups is 1. The summed E-state index contributed by atoms with van der Waals surface area (Å²) in [5, 5.41) is 12.3. The molecule has 1 aromatic carbocycles. The Bertz CT molecular complexity index is 1100. The summed E-state index contributed by atoms with van der Waals surface area (Å²) < 4.78 is 3.37. The van der Waals surface area contributed by atoms with Crippen LogP contribution < -0.4 is 10.9 Å². The van der Waals surface area contributed by atoms with E-state index in [1.165, 1.54) is 16.3 Å². The van der Waals surface area contributed by atoms with Crippen molar-refractivity contribution in [1.29, 1.82) is 0 Å². The molecule has 3 aromatic rings. The monoisotopic (exact) mass is 399 g/mol. The summed E-state index contributed by atoms with van der Waals surface area (Å²) in [6, 6.07) is 7.34. The van der Waals surface area contributed by atoms with Gasteiger partial charge in [-0.3, -0.25) is 18.6 Å². The molecular weight excluding hydrogens is 374 g/mol. The molecule has 0 radical (unpaired) electrons. The summed E-state index contributed by atoms with van der Waals surface area (Å²) >= 11 is 1.32. The van der Waals surface area contributed by atoms with E-state index in [0.717, 1.165) is 11.9 Å². The molecule has 2 aromatic heterocycles. The number of amides is 1. The number of hydrogen-bond donors (Lipinski definition) is 1. The predicted molar refractivity (Wildman–Crippen MR) is 113 cm³/mol. The zero-order valence-corrected chi connectivity index (χ0v) is 17.4. The smallest absolute Gasteiger partial charge is 0.263 e. The minimum absolute atomic E-state index is 0.0580. The minimum atomic E-state index is -0.364.